The van der Waals surface area contributed by atoms with Crippen LogP contribution in [0.5, 0.6) is 0 Å². The number of piperazine rings is 2. The van der Waals surface area contributed by atoms with Crippen LogP contribution in [0.3, 0.4) is 0 Å². The van der Waals surface area contributed by atoms with Crippen molar-refractivity contribution in [3.8, 4) is 0 Å². The highest BCUT2D eigenvalue weighted by Crippen LogP contribution is 2.34. The highest BCUT2D eigenvalue weighted by atomic mass is 35.5. The van der Waals surface area contributed by atoms with E-state index in [0.717, 1.165) is 80.8 Å². The van der Waals surface area contributed by atoms with Crippen LogP contribution in [-0.4, -0.2) is 197 Å². The molecular weight excluding hydrogens is 1080 g/mol. The molecule has 420 valence electrons. The van der Waals surface area contributed by atoms with E-state index in [1.54, 1.807) is 17.0 Å². The second-order valence-corrected chi connectivity index (χ2v) is 21.1. The van der Waals surface area contributed by atoms with Crippen molar-refractivity contribution in [3.05, 3.63) is 129 Å². The third-order valence-corrected chi connectivity index (χ3v) is 16.1. The lowest BCUT2D eigenvalue weighted by atomic mass is 10.1. The summed E-state index contributed by atoms with van der Waals surface area (Å²) in [4.78, 5) is 117. The summed E-state index contributed by atoms with van der Waals surface area (Å²) in [6, 6.07) is 27.1. The molecule has 79 heavy (non-hydrogen) atoms. The van der Waals surface area contributed by atoms with Crippen LogP contribution in [0.2, 0.25) is 10.0 Å². The number of urea groups is 2. The van der Waals surface area contributed by atoms with Crippen LogP contribution in [-0.2, 0) is 27.3 Å². The van der Waals surface area contributed by atoms with E-state index in [-0.39, 0.29) is 16.9 Å². The Morgan fingerprint density at radius 3 is 1.30 bits per heavy atom. The molecule has 10 rings (SSSR count). The van der Waals surface area contributed by atoms with Gasteiger partial charge in [-0.05, 0) is 85.5 Å². The van der Waals surface area contributed by atoms with Crippen molar-refractivity contribution >= 4 is 93.3 Å². The number of hydrogen-bond acceptors (Lipinski definition) is 12. The SMILES string of the molecule is CN1C(=O)N(O)C(=O)[C@@H]1Cc1ccccc1.CN1C(=O)N(OC(=O)N2CCN(c3cccc(C(=O)N4CCCCC4)c3Cl)CC2)C(=O)[C@@H]1Cc1ccccc1.O=C(Cl)N1CCN(c2cccc(C(=O)N3CCCCC3)c2Cl)CC1. The van der Waals surface area contributed by atoms with Crippen LogP contribution in [0.4, 0.5) is 30.6 Å². The third-order valence-electron chi connectivity index (χ3n) is 15.0. The largest absolute Gasteiger partial charge is 0.434 e. The molecule has 6 fully saturated rings. The molecule has 10 amide bonds. The Kier molecular flexibility index (Phi) is 19.6. The van der Waals surface area contributed by atoms with Gasteiger partial charge in [0.2, 0.25) is 0 Å². The lowest BCUT2D eigenvalue weighted by Crippen LogP contribution is -2.51. The molecule has 4 aromatic carbocycles. The molecule has 0 aliphatic carbocycles. The van der Waals surface area contributed by atoms with Crippen LogP contribution >= 0.6 is 34.8 Å². The number of hydroxylamine groups is 4. The van der Waals surface area contributed by atoms with Gasteiger partial charge in [0.1, 0.15) is 12.1 Å². The Hall–Kier alpha value is -7.13. The van der Waals surface area contributed by atoms with Crippen molar-refractivity contribution in [2.24, 2.45) is 0 Å². The zero-order valence-corrected chi connectivity index (χ0v) is 46.5. The summed E-state index contributed by atoms with van der Waals surface area (Å²) in [6.45, 7) is 7.02. The molecule has 23 heteroatoms. The monoisotopic (exact) mass is 1140 g/mol. The second kappa shape index (κ2) is 26.7. The molecular formula is C56H65Cl3N10O10. The number of rotatable bonds is 9. The van der Waals surface area contributed by atoms with Gasteiger partial charge < -0.3 is 44.0 Å². The maximum absolute atomic E-state index is 13.1. The number of benzene rings is 4. The molecule has 0 aromatic heterocycles. The first-order valence-electron chi connectivity index (χ1n) is 26.6. The molecule has 0 unspecified atom stereocenters. The van der Waals surface area contributed by atoms with Gasteiger partial charge >= 0.3 is 23.5 Å². The van der Waals surface area contributed by atoms with E-state index in [9.17, 15) is 43.6 Å². The maximum atomic E-state index is 13.1. The van der Waals surface area contributed by atoms with Crippen LogP contribution in [0, 0.1) is 0 Å². The zero-order valence-electron chi connectivity index (χ0n) is 44.3. The fraction of sp³-hybridized carbons (Fsp3) is 0.429. The summed E-state index contributed by atoms with van der Waals surface area (Å²) in [5.41, 5.74) is 4.49. The van der Waals surface area contributed by atoms with E-state index in [4.69, 9.17) is 39.6 Å². The Bertz CT molecular complexity index is 2860. The van der Waals surface area contributed by atoms with Gasteiger partial charge in [-0.25, -0.2) is 14.4 Å². The first-order chi connectivity index (χ1) is 38.0. The van der Waals surface area contributed by atoms with Gasteiger partial charge in [-0.3, -0.25) is 29.2 Å². The molecule has 6 saturated heterocycles. The van der Waals surface area contributed by atoms with E-state index in [0.29, 0.717) is 91.4 Å². The highest BCUT2D eigenvalue weighted by molar-refractivity contribution is 6.62. The van der Waals surface area contributed by atoms with Gasteiger partial charge in [-0.15, -0.1) is 5.06 Å². The van der Waals surface area contributed by atoms with Gasteiger partial charge in [0.25, 0.3) is 23.6 Å². The van der Waals surface area contributed by atoms with Gasteiger partial charge in [-0.1, -0.05) is 101 Å². The minimum atomic E-state index is -0.759. The predicted octanol–water partition coefficient (Wildman–Crippen LogP) is 7.97. The average molecular weight is 1140 g/mol. The fourth-order valence-corrected chi connectivity index (χ4v) is 11.2. The van der Waals surface area contributed by atoms with Gasteiger partial charge in [0.05, 0.1) is 32.5 Å². The number of anilines is 2. The quantitative estimate of drug-likeness (QED) is 0.0735. The zero-order chi connectivity index (χ0) is 56.3. The first-order valence-corrected chi connectivity index (χ1v) is 27.7. The molecule has 6 aliphatic rings. The van der Waals surface area contributed by atoms with E-state index < -0.39 is 47.4 Å². The van der Waals surface area contributed by atoms with E-state index in [1.165, 1.54) is 35.2 Å². The number of imide groups is 2. The van der Waals surface area contributed by atoms with Gasteiger partial charge in [0, 0.05) is 105 Å². The molecule has 2 atom stereocenters. The lowest BCUT2D eigenvalue weighted by Gasteiger charge is -2.36. The molecule has 6 heterocycles. The Balaban J connectivity index is 0.000000174. The smallest absolute Gasteiger partial charge is 0.367 e. The first kappa shape index (κ1) is 58.0. The minimum Gasteiger partial charge on any atom is -0.367 e. The number of hydrogen-bond donors (Lipinski definition) is 1. The summed E-state index contributed by atoms with van der Waals surface area (Å²) < 4.78 is 0. The summed E-state index contributed by atoms with van der Waals surface area (Å²) in [6.07, 6.45) is 6.41. The van der Waals surface area contributed by atoms with Crippen LogP contribution in [0.15, 0.2) is 97.1 Å². The maximum Gasteiger partial charge on any atom is 0.434 e. The van der Waals surface area contributed by atoms with Crippen molar-refractivity contribution in [1.29, 1.82) is 0 Å². The van der Waals surface area contributed by atoms with E-state index >= 15 is 0 Å². The number of piperidine rings is 2. The normalized spacial score (nSPS) is 19.8. The summed E-state index contributed by atoms with van der Waals surface area (Å²) in [7, 11) is 3.03. The number of nitrogens with zero attached hydrogens (tertiary/aromatic N) is 10. The molecule has 0 saturated carbocycles. The molecule has 0 bridgehead atoms. The fourth-order valence-electron chi connectivity index (χ4n) is 10.3. The highest BCUT2D eigenvalue weighted by Gasteiger charge is 2.47. The Labute approximate surface area is 474 Å². The summed E-state index contributed by atoms with van der Waals surface area (Å²) >= 11 is 18.8. The van der Waals surface area contributed by atoms with Crippen molar-refractivity contribution in [2.45, 2.75) is 63.5 Å². The standard InChI is InChI=1S/C28H32ClN5O5.C17H21Cl2N3O2.C11H12N2O3/c1-30-23(19-20-9-4-2-5-10-20)26(36)34(27(30)37)39-28(38)33-17-15-31(16-18-33)22-12-8-11-21(24(22)29)25(35)32-13-6-3-7-14-32;18-15-13(16(23)21-7-2-1-3-8-21)5-4-6-14(15)20-9-11-22(12-10-20)17(19)24;1-12-9(10(14)13(16)11(12)15)7-8-5-3-2-4-6-8/h2,4-5,8-12,23H,3,6-7,13-19H2,1H3;4-6H,1-3,7-12H2;2-6,9,16H,7H2,1H3/t23-;;9-/m0.0/s1. The number of carbonyl (C=O) groups excluding carboxylic acids is 8. The Morgan fingerprint density at radius 1 is 0.494 bits per heavy atom. The van der Waals surface area contributed by atoms with Crippen molar-refractivity contribution in [3.63, 3.8) is 0 Å². The minimum absolute atomic E-state index is 0.0103. The summed E-state index contributed by atoms with van der Waals surface area (Å²) in [5, 5.41) is 10.4. The van der Waals surface area contributed by atoms with Crippen LogP contribution < -0.4 is 9.80 Å². The van der Waals surface area contributed by atoms with E-state index in [1.807, 2.05) is 99.6 Å². The van der Waals surface area contributed by atoms with Crippen molar-refractivity contribution in [2.75, 3.05) is 102 Å². The molecule has 4 aromatic rings. The average Bonchev–Trinajstić information content (AvgIpc) is 3.84. The number of halogens is 3. The van der Waals surface area contributed by atoms with Crippen LogP contribution in [0.1, 0.15) is 70.4 Å². The van der Waals surface area contributed by atoms with Gasteiger partial charge in [-0.2, -0.15) is 0 Å². The molecule has 20 nitrogen and oxygen atoms in total. The van der Waals surface area contributed by atoms with E-state index in [2.05, 4.69) is 4.90 Å². The molecule has 0 radical (unpaired) electrons. The van der Waals surface area contributed by atoms with Crippen LogP contribution in [0.25, 0.3) is 0 Å². The number of likely N-dealkylation sites (N-methyl/N-ethyl adjacent to an activating group) is 2. The van der Waals surface area contributed by atoms with Gasteiger partial charge in [0.15, 0.2) is 0 Å². The number of carbonyl (C=O) groups is 8. The summed E-state index contributed by atoms with van der Waals surface area (Å²) in [5.74, 6) is -1.19. The molecule has 6 aliphatic heterocycles. The predicted molar refractivity (Wildman–Crippen MR) is 297 cm³/mol. The Morgan fingerprint density at radius 2 is 0.899 bits per heavy atom. The molecule has 0 spiro atoms. The van der Waals surface area contributed by atoms with Crippen molar-refractivity contribution < 1.29 is 48.4 Å². The number of amides is 10. The second-order valence-electron chi connectivity index (χ2n) is 20.0. The number of likely N-dealkylation sites (tertiary alicyclic amines) is 2. The third kappa shape index (κ3) is 13.7. The van der Waals surface area contributed by atoms with Crippen molar-refractivity contribution in [1.82, 2.24) is 39.5 Å². The molecule has 1 N–H and O–H groups in total. The lowest BCUT2D eigenvalue weighted by molar-refractivity contribution is -0.151. The topological polar surface area (TPSA) is 198 Å².